The fourth-order valence-corrected chi connectivity index (χ4v) is 1.95. The number of carbonyl (C=O) groups excluding carboxylic acids is 2. The standard InChI is InChI=1S/C17H18N2O3/c1-22-15-10-6-5-9-14(15)17(21)19-12-16(20)18-11-13-7-3-2-4-8-13/h2-10H,11-12H2,1H3,(H,18,20)(H,19,21). The largest absolute Gasteiger partial charge is 0.496 e. The predicted molar refractivity (Wildman–Crippen MR) is 83.6 cm³/mol. The molecule has 5 heteroatoms. The van der Waals surface area contributed by atoms with Crippen molar-refractivity contribution in [1.29, 1.82) is 0 Å². The summed E-state index contributed by atoms with van der Waals surface area (Å²) in [6, 6.07) is 16.4. The van der Waals surface area contributed by atoms with E-state index in [0.29, 0.717) is 17.9 Å². The normalized spacial score (nSPS) is 9.86. The number of rotatable bonds is 6. The third kappa shape index (κ3) is 4.34. The fourth-order valence-electron chi connectivity index (χ4n) is 1.95. The number of benzene rings is 2. The maximum absolute atomic E-state index is 12.0. The zero-order valence-electron chi connectivity index (χ0n) is 12.3. The van der Waals surface area contributed by atoms with Crippen LogP contribution >= 0.6 is 0 Å². The molecular weight excluding hydrogens is 280 g/mol. The van der Waals surface area contributed by atoms with Gasteiger partial charge in [0.1, 0.15) is 5.75 Å². The summed E-state index contributed by atoms with van der Waals surface area (Å²) in [5, 5.41) is 5.33. The molecule has 0 saturated carbocycles. The second-order valence-electron chi connectivity index (χ2n) is 4.65. The number of carbonyl (C=O) groups is 2. The number of nitrogens with one attached hydrogen (secondary N) is 2. The third-order valence-corrected chi connectivity index (χ3v) is 3.09. The van der Waals surface area contributed by atoms with Crippen molar-refractivity contribution < 1.29 is 14.3 Å². The molecule has 0 aliphatic carbocycles. The number of hydrogen-bond acceptors (Lipinski definition) is 3. The molecule has 2 aromatic carbocycles. The first-order chi connectivity index (χ1) is 10.7. The summed E-state index contributed by atoms with van der Waals surface area (Å²) in [4.78, 5) is 23.8. The van der Waals surface area contributed by atoms with Crippen molar-refractivity contribution in [2.75, 3.05) is 13.7 Å². The Morgan fingerprint density at radius 1 is 0.955 bits per heavy atom. The van der Waals surface area contributed by atoms with Crippen LogP contribution in [-0.4, -0.2) is 25.5 Å². The number of amides is 2. The molecule has 0 aliphatic rings. The molecule has 0 unspecified atom stereocenters. The van der Waals surface area contributed by atoms with Crippen molar-refractivity contribution in [3.63, 3.8) is 0 Å². The van der Waals surface area contributed by atoms with E-state index in [1.54, 1.807) is 24.3 Å². The molecule has 0 radical (unpaired) electrons. The van der Waals surface area contributed by atoms with Crippen molar-refractivity contribution in [2.24, 2.45) is 0 Å². The Balaban J connectivity index is 1.82. The second-order valence-corrected chi connectivity index (χ2v) is 4.65. The highest BCUT2D eigenvalue weighted by Gasteiger charge is 2.12. The summed E-state index contributed by atoms with van der Waals surface area (Å²) >= 11 is 0. The van der Waals surface area contributed by atoms with Crippen LogP contribution in [0.4, 0.5) is 0 Å². The van der Waals surface area contributed by atoms with E-state index in [1.807, 2.05) is 30.3 Å². The number of hydrogen-bond donors (Lipinski definition) is 2. The summed E-state index contributed by atoms with van der Waals surface area (Å²) in [5.74, 6) is -0.107. The lowest BCUT2D eigenvalue weighted by molar-refractivity contribution is -0.120. The van der Waals surface area contributed by atoms with E-state index in [9.17, 15) is 9.59 Å². The van der Waals surface area contributed by atoms with Gasteiger partial charge in [-0.15, -0.1) is 0 Å². The quantitative estimate of drug-likeness (QED) is 0.853. The van der Waals surface area contributed by atoms with E-state index < -0.39 is 0 Å². The topological polar surface area (TPSA) is 67.4 Å². The van der Waals surface area contributed by atoms with Crippen LogP contribution in [0.3, 0.4) is 0 Å². The molecule has 2 N–H and O–H groups in total. The molecule has 114 valence electrons. The molecule has 0 heterocycles. The highest BCUT2D eigenvalue weighted by Crippen LogP contribution is 2.16. The average Bonchev–Trinajstić information content (AvgIpc) is 2.58. The predicted octanol–water partition coefficient (Wildman–Crippen LogP) is 1.74. The van der Waals surface area contributed by atoms with Gasteiger partial charge in [-0.3, -0.25) is 9.59 Å². The minimum atomic E-state index is -0.340. The lowest BCUT2D eigenvalue weighted by Crippen LogP contribution is -2.36. The SMILES string of the molecule is COc1ccccc1C(=O)NCC(=O)NCc1ccccc1. The van der Waals surface area contributed by atoms with Gasteiger partial charge >= 0.3 is 0 Å². The van der Waals surface area contributed by atoms with E-state index >= 15 is 0 Å². The highest BCUT2D eigenvalue weighted by molar-refractivity contribution is 5.98. The van der Waals surface area contributed by atoms with E-state index in [-0.39, 0.29) is 18.4 Å². The molecular formula is C17H18N2O3. The van der Waals surface area contributed by atoms with Gasteiger partial charge in [0.2, 0.25) is 5.91 Å². The smallest absolute Gasteiger partial charge is 0.255 e. The molecule has 2 rings (SSSR count). The Kier molecular flexibility index (Phi) is 5.54. The van der Waals surface area contributed by atoms with Crippen molar-refractivity contribution in [1.82, 2.24) is 10.6 Å². The average molecular weight is 298 g/mol. The Hall–Kier alpha value is -2.82. The molecule has 0 spiro atoms. The van der Waals surface area contributed by atoms with Crippen LogP contribution in [0.5, 0.6) is 5.75 Å². The van der Waals surface area contributed by atoms with Gasteiger partial charge in [0.05, 0.1) is 19.2 Å². The van der Waals surface area contributed by atoms with Crippen LogP contribution in [0.2, 0.25) is 0 Å². The number of para-hydroxylation sites is 1. The molecule has 0 bridgehead atoms. The minimum Gasteiger partial charge on any atom is -0.496 e. The van der Waals surface area contributed by atoms with Gasteiger partial charge < -0.3 is 15.4 Å². The van der Waals surface area contributed by atoms with Gasteiger partial charge in [-0.05, 0) is 17.7 Å². The van der Waals surface area contributed by atoms with Gasteiger partial charge in [-0.25, -0.2) is 0 Å². The van der Waals surface area contributed by atoms with Crippen LogP contribution in [0.25, 0.3) is 0 Å². The van der Waals surface area contributed by atoms with Crippen LogP contribution in [0.15, 0.2) is 54.6 Å². The van der Waals surface area contributed by atoms with Gasteiger partial charge in [0, 0.05) is 6.54 Å². The molecule has 0 fully saturated rings. The first-order valence-corrected chi connectivity index (χ1v) is 6.92. The van der Waals surface area contributed by atoms with Crippen molar-refractivity contribution in [3.05, 3.63) is 65.7 Å². The molecule has 5 nitrogen and oxygen atoms in total. The second kappa shape index (κ2) is 7.83. The van der Waals surface area contributed by atoms with Crippen LogP contribution in [0, 0.1) is 0 Å². The Labute approximate surface area is 129 Å². The zero-order valence-corrected chi connectivity index (χ0v) is 12.3. The van der Waals surface area contributed by atoms with Crippen molar-refractivity contribution in [2.45, 2.75) is 6.54 Å². The van der Waals surface area contributed by atoms with Crippen LogP contribution in [0.1, 0.15) is 15.9 Å². The maximum atomic E-state index is 12.0. The molecule has 0 saturated heterocycles. The van der Waals surface area contributed by atoms with Crippen molar-refractivity contribution >= 4 is 11.8 Å². The minimum absolute atomic E-state index is 0.0796. The summed E-state index contributed by atoms with van der Waals surface area (Å²) in [5.41, 5.74) is 1.41. The summed E-state index contributed by atoms with van der Waals surface area (Å²) in [6.07, 6.45) is 0. The number of methoxy groups -OCH3 is 1. The van der Waals surface area contributed by atoms with Gasteiger partial charge in [0.15, 0.2) is 0 Å². The first kappa shape index (κ1) is 15.6. The van der Waals surface area contributed by atoms with E-state index in [0.717, 1.165) is 5.56 Å². The Morgan fingerprint density at radius 3 is 2.36 bits per heavy atom. The summed E-state index contributed by atoms with van der Waals surface area (Å²) in [6.45, 7) is 0.355. The van der Waals surface area contributed by atoms with E-state index in [2.05, 4.69) is 10.6 Å². The van der Waals surface area contributed by atoms with E-state index in [1.165, 1.54) is 7.11 Å². The molecule has 0 atom stereocenters. The molecule has 2 amide bonds. The van der Waals surface area contributed by atoms with E-state index in [4.69, 9.17) is 4.74 Å². The lowest BCUT2D eigenvalue weighted by atomic mass is 10.2. The van der Waals surface area contributed by atoms with Crippen LogP contribution in [-0.2, 0) is 11.3 Å². The monoisotopic (exact) mass is 298 g/mol. The first-order valence-electron chi connectivity index (χ1n) is 6.92. The lowest BCUT2D eigenvalue weighted by Gasteiger charge is -2.09. The number of ether oxygens (including phenoxy) is 1. The van der Waals surface area contributed by atoms with Gasteiger partial charge in [0.25, 0.3) is 5.91 Å². The van der Waals surface area contributed by atoms with Gasteiger partial charge in [-0.2, -0.15) is 0 Å². The van der Waals surface area contributed by atoms with Crippen molar-refractivity contribution in [3.8, 4) is 5.75 Å². The maximum Gasteiger partial charge on any atom is 0.255 e. The fraction of sp³-hybridized carbons (Fsp3) is 0.176. The third-order valence-electron chi connectivity index (χ3n) is 3.09. The zero-order chi connectivity index (χ0) is 15.8. The molecule has 2 aromatic rings. The Morgan fingerprint density at radius 2 is 1.64 bits per heavy atom. The molecule has 0 aromatic heterocycles. The summed E-state index contributed by atoms with van der Waals surface area (Å²) < 4.78 is 5.12. The highest BCUT2D eigenvalue weighted by atomic mass is 16.5. The van der Waals surface area contributed by atoms with Crippen LogP contribution < -0.4 is 15.4 Å². The molecule has 22 heavy (non-hydrogen) atoms. The van der Waals surface area contributed by atoms with Gasteiger partial charge in [-0.1, -0.05) is 42.5 Å². The molecule has 0 aliphatic heterocycles. The summed E-state index contributed by atoms with van der Waals surface area (Å²) in [7, 11) is 1.50. The Bertz CT molecular complexity index is 641.